The first-order chi connectivity index (χ1) is 4.43. The van der Waals surface area contributed by atoms with Gasteiger partial charge in [0.1, 0.15) is 0 Å². The zero-order valence-electron chi connectivity index (χ0n) is 4.82. The lowest BCUT2D eigenvalue weighted by Gasteiger charge is -1.92. The van der Waals surface area contributed by atoms with Crippen LogP contribution in [0.25, 0.3) is 0 Å². The molecule has 2 nitrogen and oxygen atoms in total. The van der Waals surface area contributed by atoms with E-state index in [-0.39, 0.29) is 5.94 Å². The Morgan fingerprint density at radius 3 is 3.11 bits per heavy atom. The monoisotopic (exact) mass is 141 g/mol. The van der Waals surface area contributed by atoms with Crippen molar-refractivity contribution in [3.63, 3.8) is 0 Å². The fourth-order valence-electron chi connectivity index (χ4n) is 0.507. The van der Waals surface area contributed by atoms with Crippen molar-refractivity contribution >= 4 is 11.8 Å². The zero-order chi connectivity index (χ0) is 6.53. The minimum atomic E-state index is 0.117. The van der Waals surface area contributed by atoms with Gasteiger partial charge in [0.2, 0.25) is 0 Å². The minimum absolute atomic E-state index is 0.117. The van der Waals surface area contributed by atoms with Gasteiger partial charge in [-0.05, 0) is 12.1 Å². The van der Waals surface area contributed by atoms with Crippen molar-refractivity contribution in [2.24, 2.45) is 0 Å². The Morgan fingerprint density at radius 2 is 2.56 bits per heavy atom. The molecule has 3 heteroatoms. The Hall–Kier alpha value is -0.540. The lowest BCUT2D eigenvalue weighted by atomic mass is 10.5. The van der Waals surface area contributed by atoms with Gasteiger partial charge in [-0.1, -0.05) is 11.8 Å². The van der Waals surface area contributed by atoms with E-state index in [0.717, 1.165) is 4.90 Å². The van der Waals surface area contributed by atoms with E-state index < -0.39 is 0 Å². The second-order valence-electron chi connectivity index (χ2n) is 1.46. The summed E-state index contributed by atoms with van der Waals surface area (Å²) in [4.78, 5) is 4.87. The zero-order valence-corrected chi connectivity index (χ0v) is 5.64. The van der Waals surface area contributed by atoms with E-state index in [0.29, 0.717) is 0 Å². The summed E-state index contributed by atoms with van der Waals surface area (Å²) < 4.78 is 0. The summed E-state index contributed by atoms with van der Waals surface area (Å²) in [6.07, 6.45) is 3.43. The number of hydrogen-bond donors (Lipinski definition) is 1. The molecule has 1 rings (SSSR count). The third kappa shape index (κ3) is 2.03. The van der Waals surface area contributed by atoms with Crippen molar-refractivity contribution in [2.75, 3.05) is 5.94 Å². The molecular weight excluding hydrogens is 134 g/mol. The van der Waals surface area contributed by atoms with Crippen LogP contribution < -0.4 is 0 Å². The highest BCUT2D eigenvalue weighted by Crippen LogP contribution is 2.13. The molecule has 0 bridgehead atoms. The highest BCUT2D eigenvalue weighted by atomic mass is 32.2. The van der Waals surface area contributed by atoms with Crippen LogP contribution in [0.1, 0.15) is 0 Å². The highest BCUT2D eigenvalue weighted by Gasteiger charge is 1.86. The maximum Gasteiger partial charge on any atom is 0.0932 e. The van der Waals surface area contributed by atoms with Crippen LogP contribution in [-0.4, -0.2) is 16.0 Å². The van der Waals surface area contributed by atoms with E-state index in [1.807, 2.05) is 12.1 Å². The van der Waals surface area contributed by atoms with E-state index >= 15 is 0 Å². The summed E-state index contributed by atoms with van der Waals surface area (Å²) >= 11 is 1.37. The largest absolute Gasteiger partial charge is 0.385 e. The molecule has 0 atom stereocenters. The molecule has 9 heavy (non-hydrogen) atoms. The highest BCUT2D eigenvalue weighted by molar-refractivity contribution is 7.99. The third-order valence-electron chi connectivity index (χ3n) is 0.866. The van der Waals surface area contributed by atoms with Gasteiger partial charge in [-0.3, -0.25) is 4.98 Å². The van der Waals surface area contributed by atoms with Gasteiger partial charge in [-0.2, -0.15) is 0 Å². The predicted octanol–water partition coefficient (Wildman–Crippen LogP) is 1.12. The van der Waals surface area contributed by atoms with E-state index in [2.05, 4.69) is 4.98 Å². The van der Waals surface area contributed by atoms with Crippen LogP contribution in [0.4, 0.5) is 0 Å². The molecule has 0 saturated heterocycles. The van der Waals surface area contributed by atoms with Gasteiger partial charge in [0.15, 0.2) is 0 Å². The molecule has 1 aromatic rings. The summed E-state index contributed by atoms with van der Waals surface area (Å²) in [6.45, 7) is 0. The van der Waals surface area contributed by atoms with Crippen LogP contribution in [0.3, 0.4) is 0 Å². The number of thioether (sulfide) groups is 1. The van der Waals surface area contributed by atoms with E-state index in [1.54, 1.807) is 12.4 Å². The molecule has 0 saturated carbocycles. The number of rotatable bonds is 2. The summed E-state index contributed by atoms with van der Waals surface area (Å²) in [5, 5.41) is 8.45. The lowest BCUT2D eigenvalue weighted by molar-refractivity contribution is 0.375. The third-order valence-corrected chi connectivity index (χ3v) is 1.57. The predicted molar refractivity (Wildman–Crippen MR) is 37.2 cm³/mol. The van der Waals surface area contributed by atoms with Crippen molar-refractivity contribution in [3.05, 3.63) is 24.5 Å². The van der Waals surface area contributed by atoms with Crippen LogP contribution in [0.5, 0.6) is 0 Å². The normalized spacial score (nSPS) is 9.44. The van der Waals surface area contributed by atoms with E-state index in [4.69, 9.17) is 5.11 Å². The Balaban J connectivity index is 2.61. The van der Waals surface area contributed by atoms with Gasteiger partial charge < -0.3 is 5.11 Å². The van der Waals surface area contributed by atoms with Gasteiger partial charge in [-0.15, -0.1) is 0 Å². The summed E-state index contributed by atoms with van der Waals surface area (Å²) in [6, 6.07) is 3.76. The molecule has 48 valence electrons. The molecule has 0 unspecified atom stereocenters. The minimum Gasteiger partial charge on any atom is -0.385 e. The number of pyridine rings is 1. The molecule has 1 heterocycles. The second-order valence-corrected chi connectivity index (χ2v) is 2.48. The number of hydrogen-bond acceptors (Lipinski definition) is 3. The first-order valence-corrected chi connectivity index (χ1v) is 3.56. The Labute approximate surface area is 57.9 Å². The van der Waals surface area contributed by atoms with Crippen molar-refractivity contribution < 1.29 is 5.11 Å². The number of aliphatic hydroxyl groups excluding tert-OH is 1. The second kappa shape index (κ2) is 3.48. The van der Waals surface area contributed by atoms with Crippen LogP contribution in [0, 0.1) is 0 Å². The van der Waals surface area contributed by atoms with Crippen LogP contribution in [0.2, 0.25) is 0 Å². The molecule has 0 radical (unpaired) electrons. The van der Waals surface area contributed by atoms with Crippen LogP contribution in [0.15, 0.2) is 29.4 Å². The van der Waals surface area contributed by atoms with Crippen molar-refractivity contribution in [3.8, 4) is 0 Å². The Morgan fingerprint density at radius 1 is 1.67 bits per heavy atom. The lowest BCUT2D eigenvalue weighted by Crippen LogP contribution is -1.75. The molecule has 0 spiro atoms. The average molecular weight is 141 g/mol. The molecule has 0 aliphatic heterocycles. The standard InChI is InChI=1S/C6H7NOS/c8-5-9-6-2-1-3-7-4-6/h1-4,8H,5H2. The first-order valence-electron chi connectivity index (χ1n) is 2.57. The summed E-state index contributed by atoms with van der Waals surface area (Å²) in [5.74, 6) is 0.117. The number of aromatic nitrogens is 1. The number of nitrogens with zero attached hydrogens (tertiary/aromatic N) is 1. The molecular formula is C6H7NOS. The fraction of sp³-hybridized carbons (Fsp3) is 0.167. The topological polar surface area (TPSA) is 33.1 Å². The fourth-order valence-corrected chi connectivity index (χ4v) is 0.966. The van der Waals surface area contributed by atoms with Gasteiger partial charge in [0.25, 0.3) is 0 Å². The average Bonchev–Trinajstić information content (AvgIpc) is 1.91. The maximum absolute atomic E-state index is 8.45. The molecule has 0 amide bonds. The summed E-state index contributed by atoms with van der Waals surface area (Å²) in [5.41, 5.74) is 0. The van der Waals surface area contributed by atoms with Gasteiger partial charge in [0, 0.05) is 17.3 Å². The first kappa shape index (κ1) is 6.58. The van der Waals surface area contributed by atoms with Crippen molar-refractivity contribution in [2.45, 2.75) is 4.90 Å². The molecule has 0 aliphatic rings. The van der Waals surface area contributed by atoms with Crippen LogP contribution >= 0.6 is 11.8 Å². The summed E-state index contributed by atoms with van der Waals surface area (Å²) in [7, 11) is 0. The van der Waals surface area contributed by atoms with Crippen molar-refractivity contribution in [1.82, 2.24) is 4.98 Å². The molecule has 1 N–H and O–H groups in total. The van der Waals surface area contributed by atoms with Crippen molar-refractivity contribution in [1.29, 1.82) is 0 Å². The van der Waals surface area contributed by atoms with E-state index in [9.17, 15) is 0 Å². The number of aliphatic hydroxyl groups is 1. The smallest absolute Gasteiger partial charge is 0.0932 e. The molecule has 1 aromatic heterocycles. The molecule has 0 fully saturated rings. The van der Waals surface area contributed by atoms with Gasteiger partial charge in [0.05, 0.1) is 5.94 Å². The van der Waals surface area contributed by atoms with Gasteiger partial charge >= 0.3 is 0 Å². The van der Waals surface area contributed by atoms with Crippen LogP contribution in [-0.2, 0) is 0 Å². The quantitative estimate of drug-likeness (QED) is 0.495. The Kier molecular flexibility index (Phi) is 2.54. The SMILES string of the molecule is OCSc1cccnc1. The molecule has 0 aliphatic carbocycles. The van der Waals surface area contributed by atoms with Gasteiger partial charge in [-0.25, -0.2) is 0 Å². The molecule has 0 aromatic carbocycles. The Bertz CT molecular complexity index is 166. The van der Waals surface area contributed by atoms with E-state index in [1.165, 1.54) is 11.8 Å². The maximum atomic E-state index is 8.45.